The Bertz CT molecular complexity index is 1660. The molecule has 8 rings (SSSR count). The first-order valence-electron chi connectivity index (χ1n) is 14.0. The summed E-state index contributed by atoms with van der Waals surface area (Å²) < 4.78 is 6.38. The number of aliphatic hydroxyl groups excluding tert-OH is 1. The number of rotatable bonds is 6. The molecule has 3 fully saturated rings. The molecule has 2 bridgehead atoms. The summed E-state index contributed by atoms with van der Waals surface area (Å²) in [7, 11) is 1.68. The van der Waals surface area contributed by atoms with Gasteiger partial charge in [0.25, 0.3) is 0 Å². The third kappa shape index (κ3) is 3.91. The molecule has 5 heteroatoms. The maximum Gasteiger partial charge on any atom is 0.131 e. The van der Waals surface area contributed by atoms with Gasteiger partial charge in [-0.15, -0.1) is 6.58 Å². The molecule has 3 aromatic carbocycles. The van der Waals surface area contributed by atoms with Gasteiger partial charge in [-0.25, -0.2) is 4.98 Å². The molecule has 39 heavy (non-hydrogen) atoms. The van der Waals surface area contributed by atoms with Crippen LogP contribution in [0.25, 0.3) is 32.7 Å². The lowest BCUT2D eigenvalue weighted by Gasteiger charge is -2.58. The van der Waals surface area contributed by atoms with Crippen LogP contribution < -0.4 is 4.74 Å². The van der Waals surface area contributed by atoms with Crippen molar-refractivity contribution in [1.82, 2.24) is 9.97 Å². The van der Waals surface area contributed by atoms with Gasteiger partial charge in [0.05, 0.1) is 36.7 Å². The molecule has 0 amide bonds. The molecule has 3 aliphatic heterocycles. The van der Waals surface area contributed by atoms with Crippen molar-refractivity contribution in [2.24, 2.45) is 11.8 Å². The number of aliphatic hydroxyl groups is 1. The molecule has 3 aliphatic rings. The summed E-state index contributed by atoms with van der Waals surface area (Å²) in [6, 6.07) is 25.0. The number of aromatic nitrogens is 2. The van der Waals surface area contributed by atoms with E-state index in [-0.39, 0.29) is 6.04 Å². The fraction of sp³-hybridized carbons (Fsp3) is 0.294. The topological polar surface area (TPSA) is 55.2 Å². The van der Waals surface area contributed by atoms with Crippen molar-refractivity contribution >= 4 is 32.7 Å². The molecular formula is C34H34N3O2+. The molecule has 0 radical (unpaired) electrons. The largest absolute Gasteiger partial charge is 0.497 e. The molecule has 196 valence electrons. The number of para-hydroxylation sites is 2. The van der Waals surface area contributed by atoms with Crippen LogP contribution in [-0.2, 0) is 6.54 Å². The fourth-order valence-electron chi connectivity index (χ4n) is 7.53. The minimum atomic E-state index is -0.615. The number of ether oxygens (including phenoxy) is 1. The highest BCUT2D eigenvalue weighted by Gasteiger charge is 2.54. The Morgan fingerprint density at radius 2 is 1.74 bits per heavy atom. The first kappa shape index (κ1) is 24.3. The zero-order chi connectivity index (χ0) is 26.6. The average Bonchev–Trinajstić information content (AvgIpc) is 3.00. The summed E-state index contributed by atoms with van der Waals surface area (Å²) in [6.07, 6.45) is 5.51. The van der Waals surface area contributed by atoms with Crippen molar-refractivity contribution in [3.8, 4) is 5.75 Å². The van der Waals surface area contributed by atoms with Crippen molar-refractivity contribution in [3.05, 3.63) is 103 Å². The van der Waals surface area contributed by atoms with Crippen LogP contribution in [0.15, 0.2) is 91.6 Å². The molecule has 0 saturated carbocycles. The zero-order valence-electron chi connectivity index (χ0n) is 22.3. The summed E-state index contributed by atoms with van der Waals surface area (Å²) in [5.41, 5.74) is 5.21. The highest BCUT2D eigenvalue weighted by molar-refractivity contribution is 5.97. The summed E-state index contributed by atoms with van der Waals surface area (Å²) >= 11 is 0. The molecule has 0 spiro atoms. The Hall–Kier alpha value is -3.80. The van der Waals surface area contributed by atoms with Gasteiger partial charge in [-0.05, 0) is 47.9 Å². The van der Waals surface area contributed by atoms with Crippen molar-refractivity contribution in [2.45, 2.75) is 31.5 Å². The van der Waals surface area contributed by atoms with Crippen molar-refractivity contribution in [1.29, 1.82) is 0 Å². The van der Waals surface area contributed by atoms with E-state index < -0.39 is 6.10 Å². The maximum atomic E-state index is 12.2. The number of pyridine rings is 2. The lowest BCUT2D eigenvalue weighted by atomic mass is 9.71. The Labute approximate surface area is 229 Å². The van der Waals surface area contributed by atoms with E-state index in [1.165, 1.54) is 16.3 Å². The number of nitrogens with zero attached hydrogens (tertiary/aromatic N) is 3. The average molecular weight is 517 g/mol. The Morgan fingerprint density at radius 1 is 1.00 bits per heavy atom. The van der Waals surface area contributed by atoms with Crippen LogP contribution in [0.2, 0.25) is 0 Å². The van der Waals surface area contributed by atoms with E-state index in [0.29, 0.717) is 11.8 Å². The monoisotopic (exact) mass is 516 g/mol. The quantitative estimate of drug-likeness (QED) is 0.157. The predicted octanol–water partition coefficient (Wildman–Crippen LogP) is 6.59. The Balaban J connectivity index is 1.39. The van der Waals surface area contributed by atoms with Gasteiger partial charge in [0.2, 0.25) is 0 Å². The summed E-state index contributed by atoms with van der Waals surface area (Å²) in [5.74, 6) is 1.78. The highest BCUT2D eigenvalue weighted by Crippen LogP contribution is 2.49. The van der Waals surface area contributed by atoms with Crippen molar-refractivity contribution in [3.63, 3.8) is 0 Å². The Morgan fingerprint density at radius 3 is 2.46 bits per heavy atom. The van der Waals surface area contributed by atoms with Crippen LogP contribution in [-0.4, -0.2) is 45.8 Å². The van der Waals surface area contributed by atoms with Gasteiger partial charge in [-0.1, -0.05) is 42.5 Å². The Kier molecular flexibility index (Phi) is 5.87. The minimum Gasteiger partial charge on any atom is -0.497 e. The minimum absolute atomic E-state index is 0.0717. The third-order valence-corrected chi connectivity index (χ3v) is 9.51. The molecule has 1 N–H and O–H groups in total. The molecule has 5 heterocycles. The van der Waals surface area contributed by atoms with Gasteiger partial charge in [0, 0.05) is 46.7 Å². The standard InChI is InChI=1S/C34H34N3O2/c1-3-22-20-37(21-29-25-8-4-6-10-31(25)36-32-11-7-5-9-26(29)32)17-15-23(22)18-33(37)34(38)27-14-16-35-30-13-12-24(39-2)19-28(27)30/h3-14,16,19,22-23,33-34,38H,1,15,17-18,20-21H2,2H3/q+1/t22?,23?,33?,34-,37?/m1/s1. The smallest absolute Gasteiger partial charge is 0.131 e. The second-order valence-corrected chi connectivity index (χ2v) is 11.4. The molecule has 0 aliphatic carbocycles. The summed E-state index contributed by atoms with van der Waals surface area (Å²) in [5, 5.41) is 15.6. The van der Waals surface area contributed by atoms with Gasteiger partial charge in [0.15, 0.2) is 0 Å². The molecule has 5 nitrogen and oxygen atoms in total. The lowest BCUT2D eigenvalue weighted by Crippen LogP contribution is -2.67. The molecule has 5 aromatic rings. The van der Waals surface area contributed by atoms with Crippen LogP contribution in [0.3, 0.4) is 0 Å². The number of benzene rings is 3. The van der Waals surface area contributed by atoms with Gasteiger partial charge in [-0.2, -0.15) is 0 Å². The van der Waals surface area contributed by atoms with Gasteiger partial charge in [-0.3, -0.25) is 4.98 Å². The second-order valence-electron chi connectivity index (χ2n) is 11.4. The van der Waals surface area contributed by atoms with E-state index in [2.05, 4.69) is 66.2 Å². The second kappa shape index (κ2) is 9.44. The van der Waals surface area contributed by atoms with E-state index in [0.717, 1.165) is 70.2 Å². The number of piperidine rings is 3. The van der Waals surface area contributed by atoms with Gasteiger partial charge < -0.3 is 14.3 Å². The van der Waals surface area contributed by atoms with Crippen LogP contribution in [0.1, 0.15) is 30.1 Å². The molecule has 3 saturated heterocycles. The molecule has 2 aromatic heterocycles. The summed E-state index contributed by atoms with van der Waals surface area (Å²) in [4.78, 5) is 9.56. The van der Waals surface area contributed by atoms with E-state index in [9.17, 15) is 5.11 Å². The van der Waals surface area contributed by atoms with Crippen LogP contribution >= 0.6 is 0 Å². The maximum absolute atomic E-state index is 12.2. The van der Waals surface area contributed by atoms with E-state index >= 15 is 0 Å². The molecular weight excluding hydrogens is 482 g/mol. The van der Waals surface area contributed by atoms with Gasteiger partial charge in [0.1, 0.15) is 24.4 Å². The number of quaternary nitrogens is 1. The van der Waals surface area contributed by atoms with Crippen LogP contribution in [0.4, 0.5) is 0 Å². The summed E-state index contributed by atoms with van der Waals surface area (Å²) in [6.45, 7) is 7.12. The van der Waals surface area contributed by atoms with Crippen LogP contribution in [0.5, 0.6) is 5.75 Å². The van der Waals surface area contributed by atoms with E-state index in [1.54, 1.807) is 7.11 Å². The normalized spacial score (nSPS) is 25.2. The van der Waals surface area contributed by atoms with Gasteiger partial charge >= 0.3 is 0 Å². The third-order valence-electron chi connectivity index (χ3n) is 9.51. The van der Waals surface area contributed by atoms with Crippen molar-refractivity contribution in [2.75, 3.05) is 20.2 Å². The predicted molar refractivity (Wildman–Crippen MR) is 156 cm³/mol. The molecule has 4 unspecified atom stereocenters. The number of hydrogen-bond acceptors (Lipinski definition) is 4. The first-order chi connectivity index (χ1) is 19.1. The molecule has 5 atom stereocenters. The highest BCUT2D eigenvalue weighted by atomic mass is 16.5. The lowest BCUT2D eigenvalue weighted by molar-refractivity contribution is -0.984. The zero-order valence-corrected chi connectivity index (χ0v) is 22.3. The first-order valence-corrected chi connectivity index (χ1v) is 14.0. The number of methoxy groups -OCH3 is 1. The number of fused-ring (bicyclic) bond motifs is 6. The van der Waals surface area contributed by atoms with E-state index in [1.807, 2.05) is 30.5 Å². The number of hydrogen-bond donors (Lipinski definition) is 1. The van der Waals surface area contributed by atoms with Crippen molar-refractivity contribution < 1.29 is 14.3 Å². The van der Waals surface area contributed by atoms with E-state index in [4.69, 9.17) is 9.72 Å². The SMILES string of the molecule is C=CC1C[N+]2(Cc3c4ccccc4nc4ccccc34)CCC1CC2[C@H](O)c1ccnc2ccc(OC)cc12. The fourth-order valence-corrected chi connectivity index (χ4v) is 7.53. The van der Waals surface area contributed by atoms with Crippen LogP contribution in [0, 0.1) is 11.8 Å².